The molecule has 1 aliphatic rings. The topological polar surface area (TPSA) is 72.9 Å². The van der Waals surface area contributed by atoms with Gasteiger partial charge >= 0.3 is 21.6 Å². The fourth-order valence-electron chi connectivity index (χ4n) is 1.31. The number of alkyl halides is 3. The second-order valence-electron chi connectivity index (χ2n) is 3.50. The quantitative estimate of drug-likeness (QED) is 0.420. The Bertz CT molecular complexity index is 470. The number of esters is 1. The van der Waals surface area contributed by atoms with Gasteiger partial charge in [0.15, 0.2) is 0 Å². The van der Waals surface area contributed by atoms with Crippen LogP contribution in [-0.2, 0) is 23.8 Å². The zero-order valence-electron chi connectivity index (χ0n) is 9.39. The average molecular weight is 289 g/mol. The highest BCUT2D eigenvalue weighted by molar-refractivity contribution is 7.87. The second kappa shape index (κ2) is 4.76. The van der Waals surface area contributed by atoms with Crippen LogP contribution in [0.15, 0.2) is 11.8 Å². The number of ether oxygens (including phenoxy) is 1. The van der Waals surface area contributed by atoms with Crippen molar-refractivity contribution in [2.45, 2.75) is 11.6 Å². The molecule has 0 bridgehead atoms. The Morgan fingerprint density at radius 3 is 2.50 bits per heavy atom. The van der Waals surface area contributed by atoms with Crippen molar-refractivity contribution in [2.75, 3.05) is 20.7 Å². The lowest BCUT2D eigenvalue weighted by Crippen LogP contribution is -2.34. The minimum atomic E-state index is -5.71. The van der Waals surface area contributed by atoms with Gasteiger partial charge in [-0.1, -0.05) is 0 Å². The van der Waals surface area contributed by atoms with Crippen LogP contribution in [0.5, 0.6) is 0 Å². The van der Waals surface area contributed by atoms with E-state index in [4.69, 9.17) is 0 Å². The summed E-state index contributed by atoms with van der Waals surface area (Å²) in [5.41, 5.74) is -5.50. The van der Waals surface area contributed by atoms with E-state index in [9.17, 15) is 26.4 Å². The molecule has 0 fully saturated rings. The first-order valence-electron chi connectivity index (χ1n) is 4.58. The highest BCUT2D eigenvalue weighted by atomic mass is 32.2. The molecule has 0 spiro atoms. The van der Waals surface area contributed by atoms with E-state index in [0.29, 0.717) is 0 Å². The van der Waals surface area contributed by atoms with Gasteiger partial charge in [-0.15, -0.1) is 0 Å². The van der Waals surface area contributed by atoms with Crippen LogP contribution in [-0.4, -0.2) is 51.5 Å². The zero-order chi connectivity index (χ0) is 14.1. The second-order valence-corrected chi connectivity index (χ2v) is 5.04. The number of likely N-dealkylation sites (N-methyl/N-ethyl adjacent to an activating group) is 1. The normalized spacial score (nSPS) is 21.6. The van der Waals surface area contributed by atoms with Gasteiger partial charge in [0, 0.05) is 0 Å². The minimum absolute atomic E-state index is 0.241. The highest BCUT2D eigenvalue weighted by Crippen LogP contribution is 2.28. The van der Waals surface area contributed by atoms with Crippen molar-refractivity contribution < 1.29 is 35.3 Å². The van der Waals surface area contributed by atoms with E-state index >= 15 is 0 Å². The van der Waals surface area contributed by atoms with Gasteiger partial charge in [0.05, 0.1) is 13.7 Å². The van der Waals surface area contributed by atoms with E-state index < -0.39 is 33.4 Å². The van der Waals surface area contributed by atoms with Crippen LogP contribution in [0.2, 0.25) is 0 Å². The summed E-state index contributed by atoms with van der Waals surface area (Å²) < 4.78 is 66.0. The van der Waals surface area contributed by atoms with Crippen molar-refractivity contribution in [3.8, 4) is 0 Å². The average Bonchev–Trinajstić information content (AvgIpc) is 2.55. The van der Waals surface area contributed by atoms with Crippen molar-refractivity contribution in [1.82, 2.24) is 4.90 Å². The lowest BCUT2D eigenvalue weighted by molar-refractivity contribution is -0.144. The molecule has 6 nitrogen and oxygen atoms in total. The molecule has 0 aliphatic carbocycles. The van der Waals surface area contributed by atoms with Crippen LogP contribution in [0.25, 0.3) is 0 Å². The summed E-state index contributed by atoms with van der Waals surface area (Å²) >= 11 is 0. The largest absolute Gasteiger partial charge is 0.534 e. The van der Waals surface area contributed by atoms with Gasteiger partial charge in [0.1, 0.15) is 11.8 Å². The van der Waals surface area contributed by atoms with Gasteiger partial charge in [-0.2, -0.15) is 21.6 Å². The predicted molar refractivity (Wildman–Crippen MR) is 52.6 cm³/mol. The number of methoxy groups -OCH3 is 1. The minimum Gasteiger partial charge on any atom is -0.468 e. The van der Waals surface area contributed by atoms with Crippen molar-refractivity contribution in [3.05, 3.63) is 11.8 Å². The smallest absolute Gasteiger partial charge is 0.468 e. The first-order chi connectivity index (χ1) is 8.08. The van der Waals surface area contributed by atoms with E-state index in [0.717, 1.165) is 13.2 Å². The van der Waals surface area contributed by atoms with Gasteiger partial charge < -0.3 is 8.92 Å². The molecular formula is C8H10F3NO5S. The molecule has 1 rings (SSSR count). The summed E-state index contributed by atoms with van der Waals surface area (Å²) in [6, 6.07) is -0.964. The van der Waals surface area contributed by atoms with Crippen molar-refractivity contribution in [1.29, 1.82) is 0 Å². The Morgan fingerprint density at radius 2 is 2.06 bits per heavy atom. The zero-order valence-corrected chi connectivity index (χ0v) is 10.2. The van der Waals surface area contributed by atoms with E-state index in [-0.39, 0.29) is 6.54 Å². The molecule has 0 amide bonds. The fraction of sp³-hybridized carbons (Fsp3) is 0.625. The van der Waals surface area contributed by atoms with Crippen LogP contribution in [0.3, 0.4) is 0 Å². The molecule has 0 saturated carbocycles. The Balaban J connectivity index is 2.86. The van der Waals surface area contributed by atoms with E-state index in [1.54, 1.807) is 0 Å². The lowest BCUT2D eigenvalue weighted by atomic mass is 10.3. The highest BCUT2D eigenvalue weighted by Gasteiger charge is 2.49. The van der Waals surface area contributed by atoms with Gasteiger partial charge in [0.2, 0.25) is 0 Å². The van der Waals surface area contributed by atoms with Crippen molar-refractivity contribution in [3.63, 3.8) is 0 Å². The number of rotatable bonds is 3. The van der Waals surface area contributed by atoms with E-state index in [1.807, 2.05) is 0 Å². The predicted octanol–water partition coefficient (Wildman–Crippen LogP) is 0.224. The van der Waals surface area contributed by atoms with Gasteiger partial charge in [-0.05, 0) is 13.1 Å². The molecule has 0 aromatic rings. The first-order valence-corrected chi connectivity index (χ1v) is 5.99. The molecule has 1 heterocycles. The monoisotopic (exact) mass is 289 g/mol. The third-order valence-corrected chi connectivity index (χ3v) is 3.17. The first kappa shape index (κ1) is 14.8. The van der Waals surface area contributed by atoms with Crippen LogP contribution < -0.4 is 0 Å². The molecule has 1 atom stereocenters. The summed E-state index contributed by atoms with van der Waals surface area (Å²) in [4.78, 5) is 12.5. The maximum atomic E-state index is 12.1. The van der Waals surface area contributed by atoms with Crippen LogP contribution in [0.1, 0.15) is 0 Å². The molecule has 10 heteroatoms. The van der Waals surface area contributed by atoms with Gasteiger partial charge in [0.25, 0.3) is 0 Å². The molecular weight excluding hydrogens is 279 g/mol. The van der Waals surface area contributed by atoms with Crippen LogP contribution in [0.4, 0.5) is 13.2 Å². The Morgan fingerprint density at radius 1 is 1.50 bits per heavy atom. The molecule has 104 valence electrons. The van der Waals surface area contributed by atoms with Crippen LogP contribution in [0, 0.1) is 0 Å². The Kier molecular flexibility index (Phi) is 3.91. The molecule has 1 aliphatic heterocycles. The lowest BCUT2D eigenvalue weighted by Gasteiger charge is -2.15. The SMILES string of the molecule is COC(=O)[C@H]1C=C(OS(=O)(=O)C(F)(F)F)CN1C. The van der Waals surface area contributed by atoms with Gasteiger partial charge in [-0.3, -0.25) is 9.69 Å². The maximum Gasteiger partial charge on any atom is 0.534 e. The third kappa shape index (κ3) is 2.93. The number of carbonyl (C=O) groups is 1. The Labute approximate surface area is 101 Å². The Hall–Kier alpha value is -1.29. The molecule has 0 saturated heterocycles. The van der Waals surface area contributed by atoms with Gasteiger partial charge in [-0.25, -0.2) is 0 Å². The van der Waals surface area contributed by atoms with Crippen molar-refractivity contribution >= 4 is 16.1 Å². The van der Waals surface area contributed by atoms with E-state index in [1.165, 1.54) is 11.9 Å². The summed E-state index contributed by atoms with van der Waals surface area (Å²) in [5, 5.41) is 0. The summed E-state index contributed by atoms with van der Waals surface area (Å²) in [7, 11) is -3.19. The number of hydrogen-bond acceptors (Lipinski definition) is 6. The maximum absolute atomic E-state index is 12.1. The molecule has 0 aromatic heterocycles. The third-order valence-electron chi connectivity index (χ3n) is 2.17. The number of halogens is 3. The number of carbonyl (C=O) groups excluding carboxylic acids is 1. The number of hydrogen-bond donors (Lipinski definition) is 0. The van der Waals surface area contributed by atoms with Crippen molar-refractivity contribution in [2.24, 2.45) is 0 Å². The van der Waals surface area contributed by atoms with Crippen LogP contribution >= 0.6 is 0 Å². The molecule has 0 radical (unpaired) electrons. The summed E-state index contributed by atoms with van der Waals surface area (Å²) in [5.74, 6) is -1.19. The summed E-state index contributed by atoms with van der Waals surface area (Å²) in [6.45, 7) is -0.241. The fourth-order valence-corrected chi connectivity index (χ4v) is 1.80. The molecule has 18 heavy (non-hydrogen) atoms. The summed E-state index contributed by atoms with van der Waals surface area (Å²) in [6.07, 6.45) is 0.967. The molecule has 0 unspecified atom stereocenters. The molecule has 0 N–H and O–H groups in total. The number of nitrogens with zero attached hydrogens (tertiary/aromatic N) is 1. The van der Waals surface area contributed by atoms with E-state index in [2.05, 4.69) is 8.92 Å². The molecule has 0 aromatic carbocycles. The standard InChI is InChI=1S/C8H10F3NO5S/c1-12-4-5(3-6(12)7(13)16-2)17-18(14,15)8(9,10)11/h3,6H,4H2,1-2H3/t6-/m1/s1.